The first-order valence-electron chi connectivity index (χ1n) is 12.7. The quantitative estimate of drug-likeness (QED) is 0.372. The van der Waals surface area contributed by atoms with Crippen LogP contribution in [0.15, 0.2) is 17.3 Å². The molecular formula is C27H45NO. The second-order valence-corrected chi connectivity index (χ2v) is 12.2. The minimum absolute atomic E-state index is 0.307. The number of nitrogens with zero attached hydrogens (tertiary/aromatic N) is 1. The fourth-order valence-electron chi connectivity index (χ4n) is 8.83. The molecule has 4 aliphatic rings. The average molecular weight is 400 g/mol. The van der Waals surface area contributed by atoms with Crippen LogP contribution >= 0.6 is 0 Å². The van der Waals surface area contributed by atoms with E-state index in [1.807, 2.05) is 0 Å². The molecule has 0 bridgehead atoms. The number of fused-ring (bicyclic) bond motifs is 5. The first-order chi connectivity index (χ1) is 13.8. The lowest BCUT2D eigenvalue weighted by Crippen LogP contribution is -2.53. The van der Waals surface area contributed by atoms with Crippen LogP contribution in [-0.4, -0.2) is 10.9 Å². The molecule has 0 aromatic rings. The van der Waals surface area contributed by atoms with E-state index >= 15 is 0 Å². The maximum atomic E-state index is 9.42. The molecule has 8 atom stereocenters. The van der Waals surface area contributed by atoms with Gasteiger partial charge in [-0.2, -0.15) is 0 Å². The third-order valence-corrected chi connectivity index (χ3v) is 10.4. The summed E-state index contributed by atoms with van der Waals surface area (Å²) in [6.45, 7) is 12.5. The highest BCUT2D eigenvalue weighted by atomic mass is 16.4. The van der Waals surface area contributed by atoms with E-state index in [4.69, 9.17) is 0 Å². The second-order valence-electron chi connectivity index (χ2n) is 12.2. The summed E-state index contributed by atoms with van der Waals surface area (Å²) in [4.78, 5) is 0. The highest BCUT2D eigenvalue weighted by molar-refractivity contribution is 5.95. The van der Waals surface area contributed by atoms with Gasteiger partial charge in [0.15, 0.2) is 0 Å². The molecule has 0 amide bonds. The summed E-state index contributed by atoms with van der Waals surface area (Å²) in [6, 6.07) is 0. The SMILES string of the molecule is CC(C)CCC[C@@H](C)[C@H]1CC[C@H]2[C@@H]3CC[C@H]4C=C/C(=N\O)C[C@]4(C)[C@H]3CC[C@]12C. The molecule has 3 fully saturated rings. The van der Waals surface area contributed by atoms with Gasteiger partial charge in [-0.3, -0.25) is 0 Å². The molecule has 4 rings (SSSR count). The Morgan fingerprint density at radius 3 is 2.48 bits per heavy atom. The summed E-state index contributed by atoms with van der Waals surface area (Å²) in [7, 11) is 0. The van der Waals surface area contributed by atoms with Gasteiger partial charge in [0, 0.05) is 0 Å². The summed E-state index contributed by atoms with van der Waals surface area (Å²) in [5, 5.41) is 13.0. The van der Waals surface area contributed by atoms with Crippen LogP contribution in [-0.2, 0) is 0 Å². The van der Waals surface area contributed by atoms with Gasteiger partial charge in [0.25, 0.3) is 0 Å². The molecule has 0 heterocycles. The molecule has 0 unspecified atom stereocenters. The Morgan fingerprint density at radius 1 is 1.00 bits per heavy atom. The first kappa shape index (κ1) is 21.4. The van der Waals surface area contributed by atoms with Gasteiger partial charge in [0.05, 0.1) is 5.71 Å². The van der Waals surface area contributed by atoms with Gasteiger partial charge in [0.2, 0.25) is 0 Å². The number of rotatable bonds is 5. The third kappa shape index (κ3) is 3.61. The van der Waals surface area contributed by atoms with Crippen LogP contribution in [0.5, 0.6) is 0 Å². The van der Waals surface area contributed by atoms with Gasteiger partial charge in [-0.1, -0.05) is 65.1 Å². The van der Waals surface area contributed by atoms with Crippen molar-refractivity contribution in [3.8, 4) is 0 Å². The van der Waals surface area contributed by atoms with Crippen molar-refractivity contribution in [3.63, 3.8) is 0 Å². The van der Waals surface area contributed by atoms with Crippen molar-refractivity contribution in [1.29, 1.82) is 0 Å². The van der Waals surface area contributed by atoms with Gasteiger partial charge in [-0.15, -0.1) is 0 Å². The third-order valence-electron chi connectivity index (χ3n) is 10.4. The molecule has 1 N–H and O–H groups in total. The molecule has 4 aliphatic carbocycles. The molecule has 29 heavy (non-hydrogen) atoms. The molecule has 0 spiro atoms. The van der Waals surface area contributed by atoms with E-state index in [1.165, 1.54) is 57.8 Å². The normalized spacial score (nSPS) is 46.4. The van der Waals surface area contributed by atoms with Crippen molar-refractivity contribution in [1.82, 2.24) is 0 Å². The predicted octanol–water partition coefficient (Wildman–Crippen LogP) is 7.71. The zero-order chi connectivity index (χ0) is 20.8. The monoisotopic (exact) mass is 399 g/mol. The van der Waals surface area contributed by atoms with Gasteiger partial charge in [0.1, 0.15) is 0 Å². The number of oxime groups is 1. The number of allylic oxidation sites excluding steroid dienone is 2. The molecule has 2 heteroatoms. The van der Waals surface area contributed by atoms with Crippen molar-refractivity contribution in [2.24, 2.45) is 57.4 Å². The average Bonchev–Trinajstić information content (AvgIpc) is 3.04. The molecule has 0 aromatic carbocycles. The Balaban J connectivity index is 1.50. The zero-order valence-corrected chi connectivity index (χ0v) is 19.7. The highest BCUT2D eigenvalue weighted by Crippen LogP contribution is 2.67. The Bertz CT molecular complexity index is 651. The maximum absolute atomic E-state index is 9.42. The van der Waals surface area contributed by atoms with Gasteiger partial charge >= 0.3 is 0 Å². The zero-order valence-electron chi connectivity index (χ0n) is 19.7. The van der Waals surface area contributed by atoms with E-state index in [0.717, 1.165) is 47.6 Å². The largest absolute Gasteiger partial charge is 0.411 e. The minimum atomic E-state index is 0.307. The predicted molar refractivity (Wildman–Crippen MR) is 122 cm³/mol. The molecular weight excluding hydrogens is 354 g/mol. The molecule has 3 saturated carbocycles. The lowest BCUT2D eigenvalue weighted by Gasteiger charge is -2.59. The standard InChI is InChI=1S/C27H45NO/c1-18(2)7-6-8-19(3)23-13-14-24-22-12-10-20-9-11-21(28-29)17-27(20,5)25(22)15-16-26(23,24)4/h9,11,18-20,22-25,29H,6-8,10,12-17H2,1-5H3/b28-21+/t19-,20-,22+,23-,24+,25+,26-,27+/m1/s1. The van der Waals surface area contributed by atoms with Gasteiger partial charge in [-0.05, 0) is 103 Å². The van der Waals surface area contributed by atoms with Crippen molar-refractivity contribution in [3.05, 3.63) is 12.2 Å². The topological polar surface area (TPSA) is 32.6 Å². The lowest BCUT2D eigenvalue weighted by atomic mass is 9.45. The summed E-state index contributed by atoms with van der Waals surface area (Å²) in [5.41, 5.74) is 1.78. The van der Waals surface area contributed by atoms with Crippen molar-refractivity contribution < 1.29 is 5.21 Å². The summed E-state index contributed by atoms with van der Waals surface area (Å²) in [6.07, 6.45) is 18.2. The maximum Gasteiger partial charge on any atom is 0.0798 e. The highest BCUT2D eigenvalue weighted by Gasteiger charge is 2.60. The van der Waals surface area contributed by atoms with Crippen molar-refractivity contribution >= 4 is 5.71 Å². The van der Waals surface area contributed by atoms with Crippen LogP contribution in [0.4, 0.5) is 0 Å². The van der Waals surface area contributed by atoms with Crippen LogP contribution in [0.2, 0.25) is 0 Å². The number of hydrogen-bond donors (Lipinski definition) is 1. The van der Waals surface area contributed by atoms with E-state index in [2.05, 4.69) is 51.9 Å². The molecule has 0 aliphatic heterocycles. The molecule has 0 radical (unpaired) electrons. The van der Waals surface area contributed by atoms with Gasteiger partial charge < -0.3 is 5.21 Å². The Kier molecular flexibility index (Phi) is 5.95. The van der Waals surface area contributed by atoms with Crippen LogP contribution in [0.1, 0.15) is 98.8 Å². The van der Waals surface area contributed by atoms with E-state index in [-0.39, 0.29) is 0 Å². The Labute approximate surface area is 179 Å². The molecule has 2 nitrogen and oxygen atoms in total. The summed E-state index contributed by atoms with van der Waals surface area (Å²) >= 11 is 0. The first-order valence-corrected chi connectivity index (χ1v) is 12.7. The van der Waals surface area contributed by atoms with Crippen LogP contribution in [0, 0.1) is 52.3 Å². The Morgan fingerprint density at radius 2 is 1.76 bits per heavy atom. The summed E-state index contributed by atoms with van der Waals surface area (Å²) < 4.78 is 0. The van der Waals surface area contributed by atoms with Crippen LogP contribution in [0.25, 0.3) is 0 Å². The van der Waals surface area contributed by atoms with E-state index in [1.54, 1.807) is 0 Å². The van der Waals surface area contributed by atoms with Crippen LogP contribution < -0.4 is 0 Å². The fourth-order valence-corrected chi connectivity index (χ4v) is 8.83. The van der Waals surface area contributed by atoms with Crippen LogP contribution in [0.3, 0.4) is 0 Å². The van der Waals surface area contributed by atoms with Crippen molar-refractivity contribution in [2.45, 2.75) is 98.8 Å². The Hall–Kier alpha value is -0.790. The second kappa shape index (κ2) is 8.04. The summed E-state index contributed by atoms with van der Waals surface area (Å²) in [5.74, 6) is 6.00. The van der Waals surface area contributed by atoms with E-state index in [9.17, 15) is 5.21 Å². The van der Waals surface area contributed by atoms with E-state index < -0.39 is 0 Å². The van der Waals surface area contributed by atoms with Gasteiger partial charge in [-0.25, -0.2) is 0 Å². The smallest absolute Gasteiger partial charge is 0.0798 e. The molecule has 164 valence electrons. The number of hydrogen-bond acceptors (Lipinski definition) is 2. The molecule has 0 saturated heterocycles. The minimum Gasteiger partial charge on any atom is -0.411 e. The van der Waals surface area contributed by atoms with Crippen molar-refractivity contribution in [2.75, 3.05) is 0 Å². The lowest BCUT2D eigenvalue weighted by molar-refractivity contribution is -0.0890. The fraction of sp³-hybridized carbons (Fsp3) is 0.889. The molecule has 0 aromatic heterocycles. The van der Waals surface area contributed by atoms with E-state index in [0.29, 0.717) is 16.7 Å².